The first kappa shape index (κ1) is 14.6. The summed E-state index contributed by atoms with van der Waals surface area (Å²) in [5.74, 6) is 0.206. The summed E-state index contributed by atoms with van der Waals surface area (Å²) in [5.41, 5.74) is 0. The summed E-state index contributed by atoms with van der Waals surface area (Å²) in [4.78, 5) is 12.0. The lowest BCUT2D eigenvalue weighted by Crippen LogP contribution is -2.51. The fraction of sp³-hybridized carbons (Fsp3) is 0.929. The zero-order chi connectivity index (χ0) is 13.7. The number of rotatable bonds is 4. The highest BCUT2D eigenvalue weighted by molar-refractivity contribution is 5.74. The molecule has 1 heterocycles. The number of nitrogens with one attached hydrogen (secondary N) is 2. The van der Waals surface area contributed by atoms with Gasteiger partial charge in [0, 0.05) is 25.2 Å². The van der Waals surface area contributed by atoms with E-state index in [1.807, 2.05) is 6.92 Å². The normalized spacial score (nSPS) is 32.8. The first-order chi connectivity index (χ1) is 9.20. The summed E-state index contributed by atoms with van der Waals surface area (Å²) in [6.45, 7) is 2.94. The summed E-state index contributed by atoms with van der Waals surface area (Å²) in [6.07, 6.45) is 6.48. The number of amides is 2. The van der Waals surface area contributed by atoms with Gasteiger partial charge in [0.1, 0.15) is 0 Å². The van der Waals surface area contributed by atoms with Gasteiger partial charge in [-0.25, -0.2) is 4.79 Å². The van der Waals surface area contributed by atoms with E-state index < -0.39 is 0 Å². The summed E-state index contributed by atoms with van der Waals surface area (Å²) >= 11 is 0. The quantitative estimate of drug-likeness (QED) is 0.723. The van der Waals surface area contributed by atoms with Crippen molar-refractivity contribution in [3.05, 3.63) is 0 Å². The molecule has 0 bridgehead atoms. The molecule has 5 nitrogen and oxygen atoms in total. The lowest BCUT2D eigenvalue weighted by molar-refractivity contribution is 0.0850. The third kappa shape index (κ3) is 4.08. The van der Waals surface area contributed by atoms with E-state index in [0.717, 1.165) is 45.1 Å². The Morgan fingerprint density at radius 3 is 2.79 bits per heavy atom. The van der Waals surface area contributed by atoms with Crippen LogP contribution in [0.2, 0.25) is 0 Å². The third-order valence-electron chi connectivity index (χ3n) is 4.34. The lowest BCUT2D eigenvalue weighted by atomic mass is 9.85. The van der Waals surface area contributed by atoms with Crippen molar-refractivity contribution in [2.24, 2.45) is 5.92 Å². The number of hydrogen-bond donors (Lipinski definition) is 3. The van der Waals surface area contributed by atoms with Gasteiger partial charge >= 0.3 is 6.03 Å². The van der Waals surface area contributed by atoms with Crippen LogP contribution >= 0.6 is 0 Å². The van der Waals surface area contributed by atoms with Gasteiger partial charge in [-0.05, 0) is 32.6 Å². The molecule has 1 saturated heterocycles. The maximum Gasteiger partial charge on any atom is 0.315 e. The highest BCUT2D eigenvalue weighted by atomic mass is 16.5. The van der Waals surface area contributed by atoms with Crippen LogP contribution in [0.25, 0.3) is 0 Å². The minimum absolute atomic E-state index is 0.0404. The first-order valence-corrected chi connectivity index (χ1v) is 7.50. The van der Waals surface area contributed by atoms with Crippen molar-refractivity contribution < 1.29 is 14.6 Å². The summed E-state index contributed by atoms with van der Waals surface area (Å²) in [7, 11) is 0. The first-order valence-electron chi connectivity index (χ1n) is 7.50. The molecular weight excluding hydrogens is 244 g/mol. The fourth-order valence-corrected chi connectivity index (χ4v) is 3.12. The molecule has 0 radical (unpaired) electrons. The molecule has 2 amide bonds. The van der Waals surface area contributed by atoms with Crippen molar-refractivity contribution in [2.45, 2.75) is 63.6 Å². The Morgan fingerprint density at radius 2 is 2.11 bits per heavy atom. The van der Waals surface area contributed by atoms with E-state index in [2.05, 4.69) is 10.6 Å². The Kier molecular flexibility index (Phi) is 5.45. The third-order valence-corrected chi connectivity index (χ3v) is 4.34. The van der Waals surface area contributed by atoms with Crippen LogP contribution in [0.3, 0.4) is 0 Å². The van der Waals surface area contributed by atoms with Crippen LogP contribution in [-0.2, 0) is 4.74 Å². The van der Waals surface area contributed by atoms with Crippen LogP contribution in [0, 0.1) is 5.92 Å². The van der Waals surface area contributed by atoms with Crippen molar-refractivity contribution in [3.63, 3.8) is 0 Å². The molecule has 2 aliphatic rings. The van der Waals surface area contributed by atoms with Crippen molar-refractivity contribution >= 4 is 6.03 Å². The summed E-state index contributed by atoms with van der Waals surface area (Å²) < 4.78 is 5.57. The largest absolute Gasteiger partial charge is 0.396 e. The van der Waals surface area contributed by atoms with Crippen LogP contribution in [0.5, 0.6) is 0 Å². The molecule has 4 unspecified atom stereocenters. The van der Waals surface area contributed by atoms with Crippen molar-refractivity contribution in [1.82, 2.24) is 10.6 Å². The van der Waals surface area contributed by atoms with Gasteiger partial charge in [-0.1, -0.05) is 12.8 Å². The van der Waals surface area contributed by atoms with Gasteiger partial charge in [0.25, 0.3) is 0 Å². The van der Waals surface area contributed by atoms with E-state index in [-0.39, 0.29) is 36.7 Å². The van der Waals surface area contributed by atoms with Crippen molar-refractivity contribution in [2.75, 3.05) is 13.2 Å². The highest BCUT2D eigenvalue weighted by Gasteiger charge is 2.28. The molecule has 1 aliphatic carbocycles. The Labute approximate surface area is 115 Å². The monoisotopic (exact) mass is 270 g/mol. The average Bonchev–Trinajstić information content (AvgIpc) is 2.93. The predicted octanol–water partition coefficient (Wildman–Crippen LogP) is 1.40. The van der Waals surface area contributed by atoms with Crippen molar-refractivity contribution in [3.8, 4) is 0 Å². The maximum atomic E-state index is 12.0. The minimum atomic E-state index is -0.131. The number of aliphatic hydroxyl groups is 1. The van der Waals surface area contributed by atoms with Crippen LogP contribution in [0.1, 0.15) is 45.4 Å². The molecule has 4 atom stereocenters. The van der Waals surface area contributed by atoms with Gasteiger partial charge in [0.05, 0.1) is 12.1 Å². The summed E-state index contributed by atoms with van der Waals surface area (Å²) in [5, 5.41) is 15.3. The van der Waals surface area contributed by atoms with E-state index >= 15 is 0 Å². The molecule has 1 aliphatic heterocycles. The zero-order valence-electron chi connectivity index (χ0n) is 11.7. The van der Waals surface area contributed by atoms with Gasteiger partial charge in [0.2, 0.25) is 0 Å². The zero-order valence-corrected chi connectivity index (χ0v) is 11.7. The molecule has 3 N–H and O–H groups in total. The SMILES string of the molecule is CC(NC(=O)NC1CCCCC1CO)C1CCCO1. The predicted molar refractivity (Wildman–Crippen MR) is 72.9 cm³/mol. The number of aliphatic hydroxyl groups excluding tert-OH is 1. The second-order valence-electron chi connectivity index (χ2n) is 5.79. The molecule has 5 heteroatoms. The number of hydrogen-bond acceptors (Lipinski definition) is 3. The summed E-state index contributed by atoms with van der Waals surface area (Å²) in [6, 6.07) is 0.0162. The van der Waals surface area contributed by atoms with Gasteiger partial charge in [-0.15, -0.1) is 0 Å². The minimum Gasteiger partial charge on any atom is -0.396 e. The van der Waals surface area contributed by atoms with E-state index in [4.69, 9.17) is 4.74 Å². The Morgan fingerprint density at radius 1 is 1.32 bits per heavy atom. The van der Waals surface area contributed by atoms with Crippen LogP contribution in [0.15, 0.2) is 0 Å². The number of urea groups is 1. The molecule has 0 aromatic rings. The molecule has 19 heavy (non-hydrogen) atoms. The maximum absolute atomic E-state index is 12.0. The Bertz CT molecular complexity index is 292. The molecule has 110 valence electrons. The Hall–Kier alpha value is -0.810. The molecule has 2 rings (SSSR count). The smallest absolute Gasteiger partial charge is 0.315 e. The molecule has 2 fully saturated rings. The molecule has 1 saturated carbocycles. The van der Waals surface area contributed by atoms with Crippen LogP contribution < -0.4 is 10.6 Å². The lowest BCUT2D eigenvalue weighted by Gasteiger charge is -2.31. The highest BCUT2D eigenvalue weighted by Crippen LogP contribution is 2.24. The van der Waals surface area contributed by atoms with Crippen molar-refractivity contribution in [1.29, 1.82) is 0 Å². The standard InChI is InChI=1S/C14H26N2O3/c1-10(13-7-4-8-19-13)15-14(18)16-12-6-3-2-5-11(12)9-17/h10-13,17H,2-9H2,1H3,(H2,15,16,18). The molecule has 0 aromatic carbocycles. The average molecular weight is 270 g/mol. The second kappa shape index (κ2) is 7.10. The van der Waals surface area contributed by atoms with Gasteiger partial charge < -0.3 is 20.5 Å². The number of ether oxygens (including phenoxy) is 1. The topological polar surface area (TPSA) is 70.6 Å². The van der Waals surface area contributed by atoms with E-state index in [1.54, 1.807) is 0 Å². The van der Waals surface area contributed by atoms with E-state index in [0.29, 0.717) is 0 Å². The van der Waals surface area contributed by atoms with Crippen LogP contribution in [-0.4, -0.2) is 42.5 Å². The van der Waals surface area contributed by atoms with E-state index in [9.17, 15) is 9.90 Å². The number of carbonyl (C=O) groups is 1. The second-order valence-corrected chi connectivity index (χ2v) is 5.79. The van der Waals surface area contributed by atoms with E-state index in [1.165, 1.54) is 0 Å². The Balaban J connectivity index is 1.76. The number of carbonyl (C=O) groups excluding carboxylic acids is 1. The fourth-order valence-electron chi connectivity index (χ4n) is 3.12. The van der Waals surface area contributed by atoms with Gasteiger partial charge in [-0.2, -0.15) is 0 Å². The van der Waals surface area contributed by atoms with Gasteiger partial charge in [-0.3, -0.25) is 0 Å². The molecule has 0 spiro atoms. The molecule has 0 aromatic heterocycles. The molecular formula is C14H26N2O3. The van der Waals surface area contributed by atoms with Gasteiger partial charge in [0.15, 0.2) is 0 Å². The van der Waals surface area contributed by atoms with Crippen LogP contribution in [0.4, 0.5) is 4.79 Å².